The van der Waals surface area contributed by atoms with Gasteiger partial charge in [-0.15, -0.1) is 0 Å². The number of halogens is 3. The van der Waals surface area contributed by atoms with Crippen molar-refractivity contribution in [3.63, 3.8) is 0 Å². The second-order valence-corrected chi connectivity index (χ2v) is 2.98. The summed E-state index contributed by atoms with van der Waals surface area (Å²) < 4.78 is 31.7. The maximum Gasteiger partial charge on any atom is 0.490 e. The van der Waals surface area contributed by atoms with Crippen LogP contribution in [0.15, 0.2) is 24.5 Å². The van der Waals surface area contributed by atoms with E-state index in [9.17, 15) is 13.2 Å². The lowest BCUT2D eigenvalue weighted by atomic mass is 10.3. The number of hydrogen-bond donors (Lipinski definition) is 3. The molecular formula is C9H8F3N3O2. The first-order valence-electron chi connectivity index (χ1n) is 4.29. The third-order valence-electron chi connectivity index (χ3n) is 1.70. The number of carboxylic acid groups (broad SMARTS) is 1. The van der Waals surface area contributed by atoms with Crippen molar-refractivity contribution in [1.82, 2.24) is 9.97 Å². The molecule has 0 radical (unpaired) electrons. The highest BCUT2D eigenvalue weighted by Crippen LogP contribution is 2.13. The molecule has 2 heterocycles. The Morgan fingerprint density at radius 3 is 2.59 bits per heavy atom. The fourth-order valence-electron chi connectivity index (χ4n) is 0.968. The fraction of sp³-hybridized carbons (Fsp3) is 0.111. The van der Waals surface area contributed by atoms with Gasteiger partial charge < -0.3 is 15.8 Å². The molecule has 2 aromatic heterocycles. The lowest BCUT2D eigenvalue weighted by molar-refractivity contribution is -0.192. The van der Waals surface area contributed by atoms with E-state index < -0.39 is 12.1 Å². The first-order valence-corrected chi connectivity index (χ1v) is 4.29. The summed E-state index contributed by atoms with van der Waals surface area (Å²) >= 11 is 0. The fourth-order valence-corrected chi connectivity index (χ4v) is 0.968. The zero-order valence-electron chi connectivity index (χ0n) is 8.32. The number of nitrogens with zero attached hydrogens (tertiary/aromatic N) is 1. The molecule has 8 heteroatoms. The van der Waals surface area contributed by atoms with E-state index in [1.165, 1.54) is 0 Å². The van der Waals surface area contributed by atoms with Gasteiger partial charge in [-0.05, 0) is 12.1 Å². The van der Waals surface area contributed by atoms with E-state index in [2.05, 4.69) is 9.97 Å². The monoisotopic (exact) mass is 247 g/mol. The summed E-state index contributed by atoms with van der Waals surface area (Å²) in [6, 6.07) is 3.80. The molecule has 4 N–H and O–H groups in total. The molecule has 0 fully saturated rings. The summed E-state index contributed by atoms with van der Waals surface area (Å²) in [6.45, 7) is 0. The van der Waals surface area contributed by atoms with Crippen LogP contribution in [0.2, 0.25) is 0 Å². The van der Waals surface area contributed by atoms with Gasteiger partial charge in [0.1, 0.15) is 5.82 Å². The molecule has 0 atom stereocenters. The molecule has 0 saturated heterocycles. The van der Waals surface area contributed by atoms with Crippen LogP contribution in [0.4, 0.5) is 19.0 Å². The zero-order chi connectivity index (χ0) is 13.1. The van der Waals surface area contributed by atoms with Crippen molar-refractivity contribution in [1.29, 1.82) is 0 Å². The Bertz CT molecular complexity index is 521. The van der Waals surface area contributed by atoms with Gasteiger partial charge in [-0.2, -0.15) is 13.2 Å². The second-order valence-electron chi connectivity index (χ2n) is 2.98. The van der Waals surface area contributed by atoms with Crippen LogP contribution in [0.1, 0.15) is 0 Å². The highest BCUT2D eigenvalue weighted by molar-refractivity contribution is 5.80. The summed E-state index contributed by atoms with van der Waals surface area (Å²) in [4.78, 5) is 15.9. The van der Waals surface area contributed by atoms with Crippen molar-refractivity contribution in [3.05, 3.63) is 24.5 Å². The zero-order valence-corrected chi connectivity index (χ0v) is 8.32. The molecular weight excluding hydrogens is 239 g/mol. The van der Waals surface area contributed by atoms with Crippen LogP contribution in [0.5, 0.6) is 0 Å². The van der Waals surface area contributed by atoms with Crippen molar-refractivity contribution >= 4 is 22.7 Å². The van der Waals surface area contributed by atoms with E-state index in [4.69, 9.17) is 15.6 Å². The van der Waals surface area contributed by atoms with Crippen LogP contribution in [0, 0.1) is 0 Å². The lowest BCUT2D eigenvalue weighted by Crippen LogP contribution is -2.21. The number of anilines is 1. The number of hydrogen-bond acceptors (Lipinski definition) is 3. The van der Waals surface area contributed by atoms with Gasteiger partial charge in [0.15, 0.2) is 0 Å². The Kier molecular flexibility index (Phi) is 3.56. The van der Waals surface area contributed by atoms with E-state index in [0.717, 1.165) is 10.9 Å². The summed E-state index contributed by atoms with van der Waals surface area (Å²) in [7, 11) is 0. The van der Waals surface area contributed by atoms with E-state index >= 15 is 0 Å². The van der Waals surface area contributed by atoms with Crippen LogP contribution >= 0.6 is 0 Å². The predicted octanol–water partition coefficient (Wildman–Crippen LogP) is 1.78. The van der Waals surface area contributed by atoms with Crippen LogP contribution in [-0.4, -0.2) is 27.2 Å². The third-order valence-corrected chi connectivity index (χ3v) is 1.70. The Balaban J connectivity index is 0.000000185. The molecule has 0 spiro atoms. The second kappa shape index (κ2) is 4.73. The van der Waals surface area contributed by atoms with E-state index in [-0.39, 0.29) is 0 Å². The minimum atomic E-state index is -5.08. The normalized spacial score (nSPS) is 10.8. The summed E-state index contributed by atoms with van der Waals surface area (Å²) in [5.74, 6) is -2.19. The van der Waals surface area contributed by atoms with Gasteiger partial charge in [-0.3, -0.25) is 0 Å². The molecule has 0 aromatic carbocycles. The van der Waals surface area contributed by atoms with Crippen LogP contribution in [-0.2, 0) is 4.79 Å². The quantitative estimate of drug-likeness (QED) is 0.661. The molecule has 0 amide bonds. The van der Waals surface area contributed by atoms with E-state index in [1.54, 1.807) is 6.20 Å². The Morgan fingerprint density at radius 1 is 1.47 bits per heavy atom. The molecule has 0 aliphatic heterocycles. The number of aromatic nitrogens is 2. The molecule has 0 saturated carbocycles. The Labute approximate surface area is 93.1 Å². The van der Waals surface area contributed by atoms with E-state index in [1.807, 2.05) is 18.3 Å². The summed E-state index contributed by atoms with van der Waals surface area (Å²) in [6.07, 6.45) is -1.49. The lowest BCUT2D eigenvalue weighted by Gasteiger charge is -1.93. The molecule has 92 valence electrons. The van der Waals surface area contributed by atoms with Crippen molar-refractivity contribution in [3.8, 4) is 0 Å². The Hall–Kier alpha value is -2.25. The average Bonchev–Trinajstić information content (AvgIpc) is 2.63. The molecule has 17 heavy (non-hydrogen) atoms. The highest BCUT2D eigenvalue weighted by atomic mass is 19.4. The summed E-state index contributed by atoms with van der Waals surface area (Å²) in [5, 5.41) is 8.23. The Morgan fingerprint density at radius 2 is 2.06 bits per heavy atom. The standard InChI is InChI=1S/C7H7N3.C2HF3O2/c8-7-3-5-1-2-9-6(5)4-10-7;3-2(4,5)1(6)7/h1-4,9H,(H2,8,10);(H,6,7). The average molecular weight is 247 g/mol. The number of alkyl halides is 3. The highest BCUT2D eigenvalue weighted by Gasteiger charge is 2.38. The SMILES string of the molecule is Nc1cc2cc[nH]c2cn1.O=C(O)C(F)(F)F. The number of nitrogen functional groups attached to an aromatic ring is 1. The number of aromatic amines is 1. The number of rotatable bonds is 0. The largest absolute Gasteiger partial charge is 0.490 e. The molecule has 2 aromatic rings. The van der Waals surface area contributed by atoms with Gasteiger partial charge in [-0.25, -0.2) is 9.78 Å². The molecule has 2 rings (SSSR count). The number of pyridine rings is 1. The molecule has 0 bridgehead atoms. The number of carbonyl (C=O) groups is 1. The van der Waals surface area contributed by atoms with Gasteiger partial charge >= 0.3 is 12.1 Å². The molecule has 0 aliphatic carbocycles. The maximum atomic E-state index is 10.6. The third kappa shape index (κ3) is 3.67. The van der Waals surface area contributed by atoms with Crippen LogP contribution < -0.4 is 5.73 Å². The van der Waals surface area contributed by atoms with Crippen molar-refractivity contribution in [2.24, 2.45) is 0 Å². The van der Waals surface area contributed by atoms with Gasteiger partial charge in [0, 0.05) is 11.6 Å². The molecule has 0 aliphatic rings. The van der Waals surface area contributed by atoms with Gasteiger partial charge in [0.2, 0.25) is 0 Å². The predicted molar refractivity (Wildman–Crippen MR) is 54.2 cm³/mol. The number of H-pyrrole nitrogens is 1. The first-order chi connectivity index (χ1) is 7.80. The van der Waals surface area contributed by atoms with Crippen LogP contribution in [0.3, 0.4) is 0 Å². The number of nitrogens with one attached hydrogen (secondary N) is 1. The summed E-state index contributed by atoms with van der Waals surface area (Å²) in [5.41, 5.74) is 6.48. The molecule has 0 unspecified atom stereocenters. The van der Waals surface area contributed by atoms with E-state index in [0.29, 0.717) is 5.82 Å². The number of nitrogens with two attached hydrogens (primary N) is 1. The minimum Gasteiger partial charge on any atom is -0.475 e. The van der Waals surface area contributed by atoms with Gasteiger partial charge in [0.25, 0.3) is 0 Å². The van der Waals surface area contributed by atoms with Crippen molar-refractivity contribution < 1.29 is 23.1 Å². The van der Waals surface area contributed by atoms with Crippen LogP contribution in [0.25, 0.3) is 10.9 Å². The number of fused-ring (bicyclic) bond motifs is 1. The van der Waals surface area contributed by atoms with Crippen molar-refractivity contribution in [2.75, 3.05) is 5.73 Å². The minimum absolute atomic E-state index is 0.562. The number of carboxylic acids is 1. The van der Waals surface area contributed by atoms with Gasteiger partial charge in [0.05, 0.1) is 11.7 Å². The molecule has 5 nitrogen and oxygen atoms in total. The smallest absolute Gasteiger partial charge is 0.475 e. The van der Waals surface area contributed by atoms with Gasteiger partial charge in [-0.1, -0.05) is 0 Å². The first kappa shape index (κ1) is 12.8. The van der Waals surface area contributed by atoms with Crippen molar-refractivity contribution in [2.45, 2.75) is 6.18 Å². The number of aliphatic carboxylic acids is 1. The maximum absolute atomic E-state index is 10.6. The topological polar surface area (TPSA) is 92.0 Å².